The van der Waals surface area contributed by atoms with Crippen molar-refractivity contribution in [3.63, 3.8) is 0 Å². The molecule has 0 aromatic rings. The molecule has 1 fully saturated rings. The van der Waals surface area contributed by atoms with Gasteiger partial charge in [0.25, 0.3) is 0 Å². The Morgan fingerprint density at radius 1 is 1.32 bits per heavy atom. The fraction of sp³-hybridized carbons (Fsp3) is 1.00. The van der Waals surface area contributed by atoms with Crippen LogP contribution in [0.4, 0.5) is 0 Å². The lowest BCUT2D eigenvalue weighted by atomic mass is 9.83. The van der Waals surface area contributed by atoms with Gasteiger partial charge in [0.05, 0.1) is 5.75 Å². The molecule has 5 heteroatoms. The smallest absolute Gasteiger partial charge is 0.147 e. The van der Waals surface area contributed by atoms with Gasteiger partial charge < -0.3 is 5.32 Å². The first kappa shape index (κ1) is 16.9. The Morgan fingerprint density at radius 3 is 2.42 bits per heavy atom. The van der Waals surface area contributed by atoms with Crippen LogP contribution >= 0.6 is 0 Å². The molecule has 0 radical (unpaired) electrons. The number of hydrogen-bond donors (Lipinski definition) is 1. The third kappa shape index (κ3) is 5.79. The predicted octanol–water partition coefficient (Wildman–Crippen LogP) is 1.52. The van der Waals surface area contributed by atoms with E-state index >= 15 is 0 Å². The van der Waals surface area contributed by atoms with E-state index in [0.717, 1.165) is 32.5 Å². The highest BCUT2D eigenvalue weighted by atomic mass is 32.2. The van der Waals surface area contributed by atoms with Crippen molar-refractivity contribution >= 4 is 9.84 Å². The van der Waals surface area contributed by atoms with Crippen LogP contribution in [-0.4, -0.2) is 57.0 Å². The van der Waals surface area contributed by atoms with Crippen molar-refractivity contribution in [3.8, 4) is 0 Å². The van der Waals surface area contributed by atoms with E-state index in [4.69, 9.17) is 0 Å². The van der Waals surface area contributed by atoms with Crippen molar-refractivity contribution in [1.82, 2.24) is 10.2 Å². The molecule has 0 bridgehead atoms. The normalized spacial score (nSPS) is 26.6. The lowest BCUT2D eigenvalue weighted by Crippen LogP contribution is -2.60. The maximum Gasteiger partial charge on any atom is 0.147 e. The summed E-state index contributed by atoms with van der Waals surface area (Å²) in [7, 11) is -2.84. The van der Waals surface area contributed by atoms with Crippen molar-refractivity contribution in [1.29, 1.82) is 0 Å². The van der Waals surface area contributed by atoms with Gasteiger partial charge in [-0.15, -0.1) is 0 Å². The maximum atomic E-state index is 11.2. The summed E-state index contributed by atoms with van der Waals surface area (Å²) in [5.74, 6) is 0.296. The Hall–Kier alpha value is -0.130. The van der Waals surface area contributed by atoms with Crippen LogP contribution in [0.25, 0.3) is 0 Å². The zero-order valence-electron chi connectivity index (χ0n) is 13.1. The van der Waals surface area contributed by atoms with Gasteiger partial charge >= 0.3 is 0 Å². The zero-order valence-corrected chi connectivity index (χ0v) is 13.9. The summed E-state index contributed by atoms with van der Waals surface area (Å²) >= 11 is 0. The number of nitrogens with one attached hydrogen (secondary N) is 1. The van der Waals surface area contributed by atoms with Gasteiger partial charge in [0.2, 0.25) is 0 Å². The third-order valence-corrected chi connectivity index (χ3v) is 4.98. The summed E-state index contributed by atoms with van der Waals surface area (Å²) in [6.07, 6.45) is 3.18. The molecule has 4 nitrogen and oxygen atoms in total. The minimum atomic E-state index is -2.84. The van der Waals surface area contributed by atoms with Gasteiger partial charge in [-0.25, -0.2) is 8.42 Å². The van der Waals surface area contributed by atoms with Gasteiger partial charge in [-0.05, 0) is 24.8 Å². The zero-order chi connectivity index (χ0) is 14.7. The van der Waals surface area contributed by atoms with Crippen LogP contribution in [0.15, 0.2) is 0 Å². The minimum absolute atomic E-state index is 0.219. The monoisotopic (exact) mass is 290 g/mol. The molecule has 0 amide bonds. The SMILES string of the molecule is CCC1CN(CCCS(C)(=O)=O)C(C(C)(C)C)CN1. The Morgan fingerprint density at radius 2 is 1.95 bits per heavy atom. The molecule has 2 atom stereocenters. The van der Waals surface area contributed by atoms with Crippen LogP contribution in [0.1, 0.15) is 40.5 Å². The molecule has 2 unspecified atom stereocenters. The maximum absolute atomic E-state index is 11.2. The first-order valence-electron chi connectivity index (χ1n) is 7.28. The van der Waals surface area contributed by atoms with E-state index in [2.05, 4.69) is 37.9 Å². The molecule has 1 rings (SSSR count). The minimum Gasteiger partial charge on any atom is -0.311 e. The summed E-state index contributed by atoms with van der Waals surface area (Å²) < 4.78 is 22.5. The average Bonchev–Trinajstić information content (AvgIpc) is 2.25. The molecule has 1 N–H and O–H groups in total. The first-order valence-corrected chi connectivity index (χ1v) is 9.34. The summed E-state index contributed by atoms with van der Waals surface area (Å²) in [6, 6.07) is 1.02. The third-order valence-electron chi connectivity index (χ3n) is 3.95. The Kier molecular flexibility index (Phi) is 5.83. The van der Waals surface area contributed by atoms with Crippen LogP contribution in [0.3, 0.4) is 0 Å². The number of hydrogen-bond acceptors (Lipinski definition) is 4. The van der Waals surface area contributed by atoms with Gasteiger partial charge in [-0.2, -0.15) is 0 Å². The summed E-state index contributed by atoms with van der Waals surface area (Å²) in [4.78, 5) is 2.48. The van der Waals surface area contributed by atoms with Gasteiger partial charge in [-0.1, -0.05) is 27.7 Å². The highest BCUT2D eigenvalue weighted by Gasteiger charge is 2.34. The second-order valence-corrected chi connectivity index (χ2v) is 9.13. The molecular weight excluding hydrogens is 260 g/mol. The lowest BCUT2D eigenvalue weighted by Gasteiger charge is -2.46. The van der Waals surface area contributed by atoms with Gasteiger partial charge in [0.15, 0.2) is 0 Å². The molecule has 0 saturated carbocycles. The van der Waals surface area contributed by atoms with E-state index in [1.165, 1.54) is 6.26 Å². The van der Waals surface area contributed by atoms with E-state index in [0.29, 0.717) is 17.8 Å². The van der Waals surface area contributed by atoms with Crippen molar-refractivity contribution in [2.75, 3.05) is 31.6 Å². The van der Waals surface area contributed by atoms with Crippen molar-refractivity contribution in [3.05, 3.63) is 0 Å². The van der Waals surface area contributed by atoms with Crippen molar-refractivity contribution in [2.45, 2.75) is 52.6 Å². The topological polar surface area (TPSA) is 49.4 Å². The Bertz CT molecular complexity index is 373. The molecule has 114 valence electrons. The number of piperazine rings is 1. The van der Waals surface area contributed by atoms with Crippen molar-refractivity contribution in [2.24, 2.45) is 5.41 Å². The van der Waals surface area contributed by atoms with Gasteiger partial charge in [0, 0.05) is 31.4 Å². The molecule has 0 aromatic carbocycles. The molecule has 0 aromatic heterocycles. The molecule has 1 aliphatic rings. The van der Waals surface area contributed by atoms with E-state index in [9.17, 15) is 8.42 Å². The molecule has 0 spiro atoms. The van der Waals surface area contributed by atoms with E-state index in [-0.39, 0.29) is 5.41 Å². The molecule has 1 aliphatic heterocycles. The average molecular weight is 290 g/mol. The predicted molar refractivity (Wildman–Crippen MR) is 81.2 cm³/mol. The summed E-state index contributed by atoms with van der Waals surface area (Å²) in [5.41, 5.74) is 0.219. The second kappa shape index (κ2) is 6.55. The Balaban J connectivity index is 2.61. The fourth-order valence-corrected chi connectivity index (χ4v) is 3.44. The summed E-state index contributed by atoms with van der Waals surface area (Å²) in [6.45, 7) is 11.9. The van der Waals surface area contributed by atoms with Gasteiger partial charge in [0.1, 0.15) is 9.84 Å². The number of nitrogens with zero attached hydrogens (tertiary/aromatic N) is 1. The standard InChI is InChI=1S/C14H30N2O2S/c1-6-12-11-16(8-7-9-19(5,17)18)13(10-15-12)14(2,3)4/h12-13,15H,6-11H2,1-5H3. The molecule has 1 saturated heterocycles. The Labute approximate surface area is 118 Å². The first-order chi connectivity index (χ1) is 8.63. The molecule has 19 heavy (non-hydrogen) atoms. The highest BCUT2D eigenvalue weighted by molar-refractivity contribution is 7.90. The molecule has 1 heterocycles. The van der Waals surface area contributed by atoms with E-state index in [1.807, 2.05) is 0 Å². The quantitative estimate of drug-likeness (QED) is 0.834. The van der Waals surface area contributed by atoms with Crippen LogP contribution in [0.5, 0.6) is 0 Å². The summed E-state index contributed by atoms with van der Waals surface area (Å²) in [5, 5.41) is 3.60. The van der Waals surface area contributed by atoms with Crippen LogP contribution in [-0.2, 0) is 9.84 Å². The lowest BCUT2D eigenvalue weighted by molar-refractivity contribution is 0.0552. The molecular formula is C14H30N2O2S. The second-order valence-electron chi connectivity index (χ2n) is 6.87. The van der Waals surface area contributed by atoms with Crippen LogP contribution in [0, 0.1) is 5.41 Å². The number of rotatable bonds is 5. The van der Waals surface area contributed by atoms with Crippen molar-refractivity contribution < 1.29 is 8.42 Å². The van der Waals surface area contributed by atoms with Crippen LogP contribution in [0.2, 0.25) is 0 Å². The largest absolute Gasteiger partial charge is 0.311 e. The number of sulfone groups is 1. The molecule has 0 aliphatic carbocycles. The van der Waals surface area contributed by atoms with Gasteiger partial charge in [-0.3, -0.25) is 4.90 Å². The highest BCUT2D eigenvalue weighted by Crippen LogP contribution is 2.27. The van der Waals surface area contributed by atoms with E-state index < -0.39 is 9.84 Å². The van der Waals surface area contributed by atoms with Crippen LogP contribution < -0.4 is 5.32 Å². The van der Waals surface area contributed by atoms with E-state index in [1.54, 1.807) is 0 Å². The fourth-order valence-electron chi connectivity index (χ4n) is 2.79.